The van der Waals surface area contributed by atoms with E-state index in [2.05, 4.69) is 40.2 Å². The number of hydrogen-bond donors (Lipinski definition) is 1. The van der Waals surface area contributed by atoms with E-state index in [1.54, 1.807) is 24.7 Å². The van der Waals surface area contributed by atoms with E-state index >= 15 is 0 Å². The first-order valence-corrected chi connectivity index (χ1v) is 10.2. The molecule has 1 amide bonds. The molecule has 0 aliphatic carbocycles. The molecule has 1 aromatic carbocycles. The summed E-state index contributed by atoms with van der Waals surface area (Å²) in [6.07, 6.45) is 9.85. The maximum Gasteiger partial charge on any atom is 0.253 e. The molecule has 3 heterocycles. The van der Waals surface area contributed by atoms with Gasteiger partial charge >= 0.3 is 0 Å². The van der Waals surface area contributed by atoms with Crippen LogP contribution in [0.5, 0.6) is 0 Å². The van der Waals surface area contributed by atoms with Crippen molar-refractivity contribution in [3.63, 3.8) is 0 Å². The van der Waals surface area contributed by atoms with Crippen LogP contribution in [0, 0.1) is 5.92 Å². The van der Waals surface area contributed by atoms with Crippen LogP contribution in [0.25, 0.3) is 16.9 Å². The molecule has 6 nitrogen and oxygen atoms in total. The van der Waals surface area contributed by atoms with Crippen molar-refractivity contribution >= 4 is 16.8 Å². The van der Waals surface area contributed by atoms with Gasteiger partial charge in [-0.05, 0) is 36.1 Å². The number of para-hydroxylation sites is 1. The number of hydrogen-bond acceptors (Lipinski definition) is 4. The molecule has 3 aromatic heterocycles. The summed E-state index contributed by atoms with van der Waals surface area (Å²) in [7, 11) is 0. The molecule has 0 bridgehead atoms. The van der Waals surface area contributed by atoms with Crippen LogP contribution in [0.1, 0.15) is 42.1 Å². The normalized spacial score (nSPS) is 12.2. The molecule has 30 heavy (non-hydrogen) atoms. The highest BCUT2D eigenvalue weighted by molar-refractivity contribution is 6.07. The zero-order valence-electron chi connectivity index (χ0n) is 17.2. The van der Waals surface area contributed by atoms with Gasteiger partial charge in [-0.15, -0.1) is 0 Å². The number of nitrogens with one attached hydrogen (secondary N) is 1. The lowest BCUT2D eigenvalue weighted by molar-refractivity contribution is 0.0951. The van der Waals surface area contributed by atoms with Gasteiger partial charge in [0.15, 0.2) is 0 Å². The Morgan fingerprint density at radius 2 is 1.83 bits per heavy atom. The fourth-order valence-corrected chi connectivity index (χ4v) is 3.78. The summed E-state index contributed by atoms with van der Waals surface area (Å²) in [4.78, 5) is 26.1. The van der Waals surface area contributed by atoms with Gasteiger partial charge in [0.05, 0.1) is 11.1 Å². The molecule has 152 valence electrons. The van der Waals surface area contributed by atoms with Gasteiger partial charge in [0.2, 0.25) is 5.95 Å². The van der Waals surface area contributed by atoms with Crippen molar-refractivity contribution in [1.29, 1.82) is 0 Å². The summed E-state index contributed by atoms with van der Waals surface area (Å²) >= 11 is 0. The van der Waals surface area contributed by atoms with Gasteiger partial charge in [0.1, 0.15) is 0 Å². The highest BCUT2D eigenvalue weighted by Gasteiger charge is 2.19. The number of carbonyl (C=O) groups excluding carboxylic acids is 1. The van der Waals surface area contributed by atoms with E-state index in [0.717, 1.165) is 22.9 Å². The topological polar surface area (TPSA) is 72.7 Å². The monoisotopic (exact) mass is 399 g/mol. The van der Waals surface area contributed by atoms with Crippen molar-refractivity contribution in [2.45, 2.75) is 26.2 Å². The second-order valence-electron chi connectivity index (χ2n) is 7.80. The van der Waals surface area contributed by atoms with Crippen LogP contribution in [0.2, 0.25) is 0 Å². The lowest BCUT2D eigenvalue weighted by Gasteiger charge is -2.19. The van der Waals surface area contributed by atoms with Crippen molar-refractivity contribution in [2.24, 2.45) is 5.92 Å². The van der Waals surface area contributed by atoms with Crippen LogP contribution in [-0.2, 0) is 0 Å². The third kappa shape index (κ3) is 4.22. The summed E-state index contributed by atoms with van der Waals surface area (Å²) in [5.41, 5.74) is 2.67. The van der Waals surface area contributed by atoms with E-state index in [-0.39, 0.29) is 11.8 Å². The van der Waals surface area contributed by atoms with Crippen LogP contribution in [0.15, 0.2) is 73.4 Å². The average Bonchev–Trinajstić information content (AvgIpc) is 3.17. The predicted octanol–water partition coefficient (Wildman–Crippen LogP) is 4.38. The first-order chi connectivity index (χ1) is 14.6. The molecular formula is C24H25N5O. The van der Waals surface area contributed by atoms with Crippen molar-refractivity contribution in [1.82, 2.24) is 24.8 Å². The Morgan fingerprint density at radius 1 is 1.03 bits per heavy atom. The van der Waals surface area contributed by atoms with Gasteiger partial charge in [0, 0.05) is 48.8 Å². The fourth-order valence-electron chi connectivity index (χ4n) is 3.78. The van der Waals surface area contributed by atoms with E-state index in [1.807, 2.05) is 47.3 Å². The minimum atomic E-state index is -0.0986. The molecular weight excluding hydrogens is 374 g/mol. The number of amides is 1. The highest BCUT2D eigenvalue weighted by atomic mass is 16.1. The smallest absolute Gasteiger partial charge is 0.253 e. The Balaban J connectivity index is 1.60. The minimum absolute atomic E-state index is 0.0986. The first-order valence-electron chi connectivity index (χ1n) is 10.2. The van der Waals surface area contributed by atoms with Crippen LogP contribution < -0.4 is 5.32 Å². The lowest BCUT2D eigenvalue weighted by Crippen LogP contribution is -2.29. The Morgan fingerprint density at radius 3 is 2.57 bits per heavy atom. The van der Waals surface area contributed by atoms with Crippen molar-refractivity contribution < 1.29 is 4.79 Å². The van der Waals surface area contributed by atoms with Crippen molar-refractivity contribution in [3.8, 4) is 5.95 Å². The molecule has 4 aromatic rings. The molecule has 1 unspecified atom stereocenters. The predicted molar refractivity (Wildman–Crippen MR) is 118 cm³/mol. The summed E-state index contributed by atoms with van der Waals surface area (Å²) in [6, 6.07) is 13.6. The zero-order chi connectivity index (χ0) is 20.9. The van der Waals surface area contributed by atoms with Gasteiger partial charge in [-0.25, -0.2) is 9.97 Å². The molecule has 0 aliphatic heterocycles. The zero-order valence-corrected chi connectivity index (χ0v) is 17.2. The molecule has 1 atom stereocenters. The Labute approximate surface area is 176 Å². The maximum absolute atomic E-state index is 13.1. The first kappa shape index (κ1) is 19.8. The van der Waals surface area contributed by atoms with Gasteiger partial charge in [0.25, 0.3) is 5.91 Å². The molecule has 1 N–H and O–H groups in total. The van der Waals surface area contributed by atoms with Crippen molar-refractivity contribution in [2.75, 3.05) is 6.54 Å². The summed E-state index contributed by atoms with van der Waals surface area (Å²) < 4.78 is 1.86. The van der Waals surface area contributed by atoms with E-state index in [1.165, 1.54) is 0 Å². The number of carbonyl (C=O) groups is 1. The number of rotatable bonds is 7. The fraction of sp³-hybridized carbons (Fsp3) is 0.250. The molecule has 0 spiro atoms. The van der Waals surface area contributed by atoms with Crippen LogP contribution in [0.4, 0.5) is 0 Å². The Hall–Kier alpha value is -3.54. The number of fused-ring (bicyclic) bond motifs is 1. The largest absolute Gasteiger partial charge is 0.351 e. The van der Waals surface area contributed by atoms with Crippen LogP contribution in [-0.4, -0.2) is 32.0 Å². The Bertz CT molecular complexity index is 1120. The lowest BCUT2D eigenvalue weighted by atomic mass is 9.91. The third-order valence-corrected chi connectivity index (χ3v) is 5.14. The summed E-state index contributed by atoms with van der Waals surface area (Å²) in [5.74, 6) is 1.18. The third-order valence-electron chi connectivity index (χ3n) is 5.14. The molecule has 0 saturated carbocycles. The van der Waals surface area contributed by atoms with Gasteiger partial charge in [-0.3, -0.25) is 14.3 Å². The summed E-state index contributed by atoms with van der Waals surface area (Å²) in [6.45, 7) is 4.95. The molecule has 0 fully saturated rings. The van der Waals surface area contributed by atoms with E-state index < -0.39 is 0 Å². The van der Waals surface area contributed by atoms with Gasteiger partial charge < -0.3 is 5.32 Å². The van der Waals surface area contributed by atoms with E-state index in [9.17, 15) is 4.79 Å². The number of aromatic nitrogens is 4. The number of nitrogens with zero attached hydrogens (tertiary/aromatic N) is 4. The van der Waals surface area contributed by atoms with Crippen LogP contribution in [0.3, 0.4) is 0 Å². The molecule has 6 heteroatoms. The second-order valence-corrected chi connectivity index (χ2v) is 7.80. The maximum atomic E-state index is 13.1. The number of benzene rings is 1. The quantitative estimate of drug-likeness (QED) is 0.501. The standard InChI is InChI=1S/C24H25N5O/c1-17(2)13-19(18-7-5-10-25-14-18)15-28-23(30)21-16-29(24-26-11-6-12-27-24)22-9-4-3-8-20(21)22/h3-12,14,16-17,19H,13,15H2,1-2H3,(H,28,30). The van der Waals surface area contributed by atoms with E-state index in [4.69, 9.17) is 0 Å². The van der Waals surface area contributed by atoms with Gasteiger partial charge in [-0.1, -0.05) is 38.1 Å². The molecule has 0 radical (unpaired) electrons. The van der Waals surface area contributed by atoms with Gasteiger partial charge in [-0.2, -0.15) is 0 Å². The van der Waals surface area contributed by atoms with Crippen LogP contribution >= 0.6 is 0 Å². The summed E-state index contributed by atoms with van der Waals surface area (Å²) in [5, 5.41) is 4.02. The highest BCUT2D eigenvalue weighted by Crippen LogP contribution is 2.25. The molecule has 0 saturated heterocycles. The number of pyridine rings is 1. The van der Waals surface area contributed by atoms with E-state index in [0.29, 0.717) is 24.0 Å². The molecule has 0 aliphatic rings. The SMILES string of the molecule is CC(C)CC(CNC(=O)c1cn(-c2ncccn2)c2ccccc12)c1cccnc1. The second kappa shape index (κ2) is 8.86. The minimum Gasteiger partial charge on any atom is -0.351 e. The average molecular weight is 399 g/mol. The molecule has 4 rings (SSSR count). The Kier molecular flexibility index (Phi) is 5.84. The van der Waals surface area contributed by atoms with Crippen molar-refractivity contribution in [3.05, 3.63) is 84.6 Å².